The van der Waals surface area contributed by atoms with Crippen LogP contribution >= 0.6 is 0 Å². The summed E-state index contributed by atoms with van der Waals surface area (Å²) < 4.78 is 1.84. The maximum atomic E-state index is 12.4. The summed E-state index contributed by atoms with van der Waals surface area (Å²) >= 11 is 0. The third-order valence-corrected chi connectivity index (χ3v) is 4.26. The zero-order chi connectivity index (χ0) is 20.8. The van der Waals surface area contributed by atoms with E-state index in [0.717, 1.165) is 18.5 Å². The minimum Gasteiger partial charge on any atom is -0.399 e. The molecule has 1 aromatic carbocycles. The van der Waals surface area contributed by atoms with Crippen LogP contribution in [0.3, 0.4) is 0 Å². The van der Waals surface area contributed by atoms with Gasteiger partial charge in [-0.2, -0.15) is 5.10 Å². The molecule has 0 saturated heterocycles. The highest BCUT2D eigenvalue weighted by molar-refractivity contribution is 6.04. The molecule has 0 saturated carbocycles. The van der Waals surface area contributed by atoms with Crippen LogP contribution in [0.5, 0.6) is 0 Å². The molecule has 0 radical (unpaired) electrons. The molecular formula is C22H24N6O. The van der Waals surface area contributed by atoms with Gasteiger partial charge in [0.1, 0.15) is 11.5 Å². The third kappa shape index (κ3) is 4.40. The van der Waals surface area contributed by atoms with Crippen LogP contribution in [0.2, 0.25) is 0 Å². The zero-order valence-electron chi connectivity index (χ0n) is 16.6. The summed E-state index contributed by atoms with van der Waals surface area (Å²) in [5.74, 6) is 0.962. The number of carbonyl (C=O) groups is 1. The Morgan fingerprint density at radius 3 is 2.62 bits per heavy atom. The van der Waals surface area contributed by atoms with Crippen LogP contribution in [0.25, 0.3) is 17.0 Å². The molecule has 0 aliphatic heterocycles. The van der Waals surface area contributed by atoms with Crippen molar-refractivity contribution in [3.05, 3.63) is 66.4 Å². The van der Waals surface area contributed by atoms with E-state index in [9.17, 15) is 4.79 Å². The molecule has 29 heavy (non-hydrogen) atoms. The van der Waals surface area contributed by atoms with E-state index in [2.05, 4.69) is 28.8 Å². The second kappa shape index (κ2) is 8.97. The van der Waals surface area contributed by atoms with Crippen LogP contribution in [-0.4, -0.2) is 26.9 Å². The second-order valence-electron chi connectivity index (χ2n) is 6.43. The first kappa shape index (κ1) is 20.0. The number of carbonyl (C=O) groups excluding carboxylic acids is 1. The smallest absolute Gasteiger partial charge is 0.256 e. The predicted octanol–water partition coefficient (Wildman–Crippen LogP) is 4.26. The van der Waals surface area contributed by atoms with E-state index in [-0.39, 0.29) is 5.91 Å². The Balaban J connectivity index is 1.94. The van der Waals surface area contributed by atoms with E-state index >= 15 is 0 Å². The van der Waals surface area contributed by atoms with Gasteiger partial charge in [-0.25, -0.2) is 14.7 Å². The first-order valence-electron chi connectivity index (χ1n) is 9.42. The highest BCUT2D eigenvalue weighted by Crippen LogP contribution is 2.34. The standard InChI is InChI=1S/C22H24N6O/c1-4-14-28-21(24-5-2)19(15(3)23)20(27-28)16-9-11-17(12-10-16)22(29)26-18-8-6-7-13-25-18/h5-13H,3-4,14,23H2,1-2H3,(H,25,26,29)/b24-5-. The Hall–Kier alpha value is -3.74. The summed E-state index contributed by atoms with van der Waals surface area (Å²) in [6.07, 6.45) is 4.25. The topological polar surface area (TPSA) is 98.2 Å². The molecule has 3 N–H and O–H groups in total. The van der Waals surface area contributed by atoms with Crippen molar-refractivity contribution < 1.29 is 4.79 Å². The lowest BCUT2D eigenvalue weighted by Crippen LogP contribution is -2.12. The first-order chi connectivity index (χ1) is 14.0. The number of hydrogen-bond acceptors (Lipinski definition) is 5. The number of nitrogens with zero attached hydrogens (tertiary/aromatic N) is 4. The number of aromatic nitrogens is 3. The number of rotatable bonds is 7. The Bertz CT molecular complexity index is 1040. The van der Waals surface area contributed by atoms with Crippen LogP contribution < -0.4 is 11.1 Å². The number of amides is 1. The average molecular weight is 388 g/mol. The fourth-order valence-electron chi connectivity index (χ4n) is 2.98. The van der Waals surface area contributed by atoms with Crippen LogP contribution in [-0.2, 0) is 6.54 Å². The van der Waals surface area contributed by atoms with Crippen LogP contribution in [0.1, 0.15) is 36.2 Å². The monoisotopic (exact) mass is 388 g/mol. The van der Waals surface area contributed by atoms with Gasteiger partial charge in [0, 0.05) is 35.8 Å². The van der Waals surface area contributed by atoms with Crippen molar-refractivity contribution in [2.75, 3.05) is 5.32 Å². The second-order valence-corrected chi connectivity index (χ2v) is 6.43. The average Bonchev–Trinajstić information content (AvgIpc) is 3.08. The number of nitrogens with two attached hydrogens (primary N) is 1. The van der Waals surface area contributed by atoms with Gasteiger partial charge in [-0.1, -0.05) is 31.7 Å². The maximum Gasteiger partial charge on any atom is 0.256 e. The van der Waals surface area contributed by atoms with Crippen molar-refractivity contribution in [2.24, 2.45) is 10.7 Å². The van der Waals surface area contributed by atoms with E-state index < -0.39 is 0 Å². The summed E-state index contributed by atoms with van der Waals surface area (Å²) in [6.45, 7) is 8.54. The van der Waals surface area contributed by atoms with E-state index in [1.807, 2.05) is 29.8 Å². The molecule has 0 fully saturated rings. The van der Waals surface area contributed by atoms with Crippen molar-refractivity contribution >= 4 is 29.5 Å². The van der Waals surface area contributed by atoms with E-state index in [1.54, 1.807) is 36.7 Å². The van der Waals surface area contributed by atoms with Gasteiger partial charge in [-0.05, 0) is 37.6 Å². The highest BCUT2D eigenvalue weighted by atomic mass is 16.1. The first-order valence-corrected chi connectivity index (χ1v) is 9.42. The molecule has 0 aliphatic carbocycles. The molecule has 3 aromatic rings. The summed E-state index contributed by atoms with van der Waals surface area (Å²) in [7, 11) is 0. The number of pyridine rings is 1. The maximum absolute atomic E-state index is 12.4. The minimum atomic E-state index is -0.230. The summed E-state index contributed by atoms with van der Waals surface area (Å²) in [5.41, 5.74) is 9.23. The normalized spacial score (nSPS) is 11.0. The molecule has 2 aromatic heterocycles. The molecule has 7 nitrogen and oxygen atoms in total. The fourth-order valence-corrected chi connectivity index (χ4v) is 2.98. The lowest BCUT2D eigenvalue weighted by molar-refractivity contribution is 0.102. The van der Waals surface area contributed by atoms with Gasteiger partial charge in [0.15, 0.2) is 5.82 Å². The minimum absolute atomic E-state index is 0.230. The van der Waals surface area contributed by atoms with Gasteiger partial charge < -0.3 is 11.1 Å². The number of hydrogen-bond donors (Lipinski definition) is 2. The van der Waals surface area contributed by atoms with Crippen molar-refractivity contribution in [1.82, 2.24) is 14.8 Å². The molecule has 0 unspecified atom stereocenters. The fraction of sp³-hybridized carbons (Fsp3) is 0.182. The molecule has 2 heterocycles. The lowest BCUT2D eigenvalue weighted by Gasteiger charge is -2.06. The molecule has 1 amide bonds. The van der Waals surface area contributed by atoms with E-state index in [1.165, 1.54) is 0 Å². The Kier molecular flexibility index (Phi) is 6.19. The van der Waals surface area contributed by atoms with Gasteiger partial charge in [0.25, 0.3) is 5.91 Å². The molecule has 7 heteroatoms. The number of nitrogens with one attached hydrogen (secondary N) is 1. The van der Waals surface area contributed by atoms with E-state index in [0.29, 0.717) is 34.2 Å². The number of anilines is 1. The molecule has 148 valence electrons. The summed E-state index contributed by atoms with van der Waals surface area (Å²) in [6, 6.07) is 12.5. The van der Waals surface area contributed by atoms with Crippen molar-refractivity contribution in [1.29, 1.82) is 0 Å². The Labute approximate surface area is 170 Å². The SMILES string of the molecule is C=C(N)c1c(-c2ccc(C(=O)Nc3ccccn3)cc2)nn(CCC)c1/N=C\C. The van der Waals surface area contributed by atoms with Crippen LogP contribution in [0.4, 0.5) is 11.6 Å². The summed E-state index contributed by atoms with van der Waals surface area (Å²) in [5, 5.41) is 7.47. The molecule has 0 spiro atoms. The highest BCUT2D eigenvalue weighted by Gasteiger charge is 2.20. The van der Waals surface area contributed by atoms with Crippen LogP contribution in [0, 0.1) is 0 Å². The quantitative estimate of drug-likeness (QED) is 0.591. The third-order valence-electron chi connectivity index (χ3n) is 4.26. The zero-order valence-corrected chi connectivity index (χ0v) is 16.6. The molecule has 0 atom stereocenters. The molecule has 0 bridgehead atoms. The predicted molar refractivity (Wildman–Crippen MR) is 117 cm³/mol. The lowest BCUT2D eigenvalue weighted by atomic mass is 10.0. The Morgan fingerprint density at radius 1 is 1.28 bits per heavy atom. The van der Waals surface area contributed by atoms with Crippen LogP contribution in [0.15, 0.2) is 60.2 Å². The van der Waals surface area contributed by atoms with Gasteiger partial charge in [-0.3, -0.25) is 4.79 Å². The van der Waals surface area contributed by atoms with Gasteiger partial charge in [0.2, 0.25) is 0 Å². The number of aliphatic imine (C=N–C) groups is 1. The largest absolute Gasteiger partial charge is 0.399 e. The Morgan fingerprint density at radius 2 is 2.03 bits per heavy atom. The van der Waals surface area contributed by atoms with Crippen molar-refractivity contribution in [2.45, 2.75) is 26.8 Å². The van der Waals surface area contributed by atoms with Gasteiger partial charge in [0.05, 0.1) is 5.56 Å². The van der Waals surface area contributed by atoms with Gasteiger partial charge >= 0.3 is 0 Å². The van der Waals surface area contributed by atoms with Crippen molar-refractivity contribution in [3.8, 4) is 11.3 Å². The van der Waals surface area contributed by atoms with Crippen molar-refractivity contribution in [3.63, 3.8) is 0 Å². The van der Waals surface area contributed by atoms with E-state index in [4.69, 9.17) is 10.8 Å². The molecule has 0 aliphatic rings. The number of aryl methyl sites for hydroxylation is 1. The summed E-state index contributed by atoms with van der Waals surface area (Å²) in [4.78, 5) is 21.0. The molecular weight excluding hydrogens is 364 g/mol. The number of benzene rings is 1. The molecule has 3 rings (SSSR count). The van der Waals surface area contributed by atoms with Gasteiger partial charge in [-0.15, -0.1) is 0 Å².